The Morgan fingerprint density at radius 3 is 2.00 bits per heavy atom. The van der Waals surface area contributed by atoms with Gasteiger partial charge in [0.05, 0.1) is 23.2 Å². The first-order valence-corrected chi connectivity index (χ1v) is 8.46. The van der Waals surface area contributed by atoms with Crippen LogP contribution in [0.15, 0.2) is 54.6 Å². The van der Waals surface area contributed by atoms with Crippen molar-refractivity contribution < 1.29 is 18.8 Å². The van der Waals surface area contributed by atoms with E-state index in [4.69, 9.17) is 0 Å². The summed E-state index contributed by atoms with van der Waals surface area (Å²) in [4.78, 5) is 40.3. The Morgan fingerprint density at radius 1 is 0.923 bits per heavy atom. The topological polar surface area (TPSA) is 57.7 Å². The van der Waals surface area contributed by atoms with Gasteiger partial charge in [0.1, 0.15) is 12.7 Å². The minimum atomic E-state index is -1.08. The van der Waals surface area contributed by atoms with Crippen molar-refractivity contribution in [3.8, 4) is 0 Å². The Labute approximate surface area is 150 Å². The molecule has 0 radical (unpaired) electrons. The number of benzene rings is 2. The summed E-state index contributed by atoms with van der Waals surface area (Å²) < 4.78 is 13.8. The molecule has 1 saturated heterocycles. The fourth-order valence-corrected chi connectivity index (χ4v) is 3.82. The molecular weight excluding hydrogens is 335 g/mol. The summed E-state index contributed by atoms with van der Waals surface area (Å²) in [6.45, 7) is 0.996. The second kappa shape index (κ2) is 6.05. The maximum absolute atomic E-state index is 13.8. The second-order valence-electron chi connectivity index (χ2n) is 6.52. The number of fused-ring (bicyclic) bond motifs is 1. The van der Waals surface area contributed by atoms with Crippen LogP contribution >= 0.6 is 0 Å². The second-order valence-corrected chi connectivity index (χ2v) is 6.52. The lowest BCUT2D eigenvalue weighted by molar-refractivity contribution is -0.161. The molecular formula is C20H17FN2O3. The zero-order chi connectivity index (χ0) is 18.4. The molecule has 26 heavy (non-hydrogen) atoms. The van der Waals surface area contributed by atoms with Crippen LogP contribution in [0, 0.1) is 0 Å². The molecule has 2 aromatic rings. The standard InChI is InChI=1S/C20H17FN2O3/c1-12(13-7-3-2-4-8-13)22-16(11-21)17(20(22)26)23-18(24)14-9-5-6-10-15(14)19(23)25/h2-10,12,16-17H,11H2,1H3/t12-,16+,17-/m1/s1. The molecule has 0 N–H and O–H groups in total. The van der Waals surface area contributed by atoms with Crippen LogP contribution in [0.25, 0.3) is 0 Å². The molecule has 0 aromatic heterocycles. The average Bonchev–Trinajstić information content (AvgIpc) is 2.92. The maximum Gasteiger partial charge on any atom is 0.262 e. The number of carbonyl (C=O) groups excluding carboxylic acids is 3. The Bertz CT molecular complexity index is 864. The quantitative estimate of drug-likeness (QED) is 0.628. The summed E-state index contributed by atoms with van der Waals surface area (Å²) in [5.74, 6) is -1.47. The van der Waals surface area contributed by atoms with Gasteiger partial charge in [-0.15, -0.1) is 0 Å². The molecule has 0 spiro atoms. The first-order valence-electron chi connectivity index (χ1n) is 8.46. The zero-order valence-electron chi connectivity index (χ0n) is 14.1. The third kappa shape index (κ3) is 2.18. The lowest BCUT2D eigenvalue weighted by Gasteiger charge is -2.51. The van der Waals surface area contributed by atoms with Gasteiger partial charge in [-0.05, 0) is 24.6 Å². The number of hydrogen-bond acceptors (Lipinski definition) is 3. The van der Waals surface area contributed by atoms with Crippen molar-refractivity contribution in [3.63, 3.8) is 0 Å². The number of carbonyl (C=O) groups is 3. The first-order chi connectivity index (χ1) is 12.6. The Hall–Kier alpha value is -3.02. The largest absolute Gasteiger partial charge is 0.326 e. The van der Waals surface area contributed by atoms with Crippen LogP contribution < -0.4 is 0 Å². The minimum Gasteiger partial charge on any atom is -0.326 e. The van der Waals surface area contributed by atoms with Crippen molar-refractivity contribution in [2.75, 3.05) is 6.67 Å². The molecule has 2 heterocycles. The molecule has 0 bridgehead atoms. The Morgan fingerprint density at radius 2 is 1.46 bits per heavy atom. The fraction of sp³-hybridized carbons (Fsp3) is 0.250. The molecule has 3 amide bonds. The van der Waals surface area contributed by atoms with Crippen molar-refractivity contribution in [1.29, 1.82) is 0 Å². The highest BCUT2D eigenvalue weighted by Crippen LogP contribution is 2.37. The van der Waals surface area contributed by atoms with Crippen LogP contribution in [0.2, 0.25) is 0 Å². The first kappa shape index (κ1) is 16.4. The van der Waals surface area contributed by atoms with Crippen LogP contribution in [-0.4, -0.2) is 46.3 Å². The number of β-lactam (4-membered cyclic amide) rings is 1. The molecule has 1 fully saturated rings. The normalized spacial score (nSPS) is 23.1. The summed E-state index contributed by atoms with van der Waals surface area (Å²) >= 11 is 0. The predicted molar refractivity (Wildman–Crippen MR) is 92.2 cm³/mol. The highest BCUT2D eigenvalue weighted by Gasteiger charge is 2.57. The van der Waals surface area contributed by atoms with Gasteiger partial charge >= 0.3 is 0 Å². The van der Waals surface area contributed by atoms with E-state index in [1.54, 1.807) is 24.3 Å². The number of nitrogens with zero attached hydrogens (tertiary/aromatic N) is 2. The lowest BCUT2D eigenvalue weighted by atomic mass is 9.90. The van der Waals surface area contributed by atoms with Gasteiger partial charge in [0, 0.05) is 0 Å². The van der Waals surface area contributed by atoms with E-state index in [1.807, 2.05) is 37.3 Å². The fourth-order valence-electron chi connectivity index (χ4n) is 3.82. The van der Waals surface area contributed by atoms with E-state index >= 15 is 0 Å². The van der Waals surface area contributed by atoms with Crippen molar-refractivity contribution >= 4 is 17.7 Å². The number of amides is 3. The third-order valence-corrected chi connectivity index (χ3v) is 5.19. The van der Waals surface area contributed by atoms with Crippen molar-refractivity contribution in [2.24, 2.45) is 0 Å². The minimum absolute atomic E-state index is 0.262. The van der Waals surface area contributed by atoms with E-state index in [9.17, 15) is 18.8 Å². The highest BCUT2D eigenvalue weighted by molar-refractivity contribution is 6.23. The molecule has 2 aromatic carbocycles. The van der Waals surface area contributed by atoms with Gasteiger partial charge in [-0.3, -0.25) is 19.3 Å². The molecule has 0 unspecified atom stereocenters. The highest BCUT2D eigenvalue weighted by atomic mass is 19.1. The number of hydrogen-bond donors (Lipinski definition) is 0. The third-order valence-electron chi connectivity index (χ3n) is 5.19. The van der Waals surface area contributed by atoms with Crippen molar-refractivity contribution in [1.82, 2.24) is 9.80 Å². The molecule has 2 aliphatic rings. The van der Waals surface area contributed by atoms with Gasteiger partial charge in [-0.2, -0.15) is 0 Å². The molecule has 132 valence electrons. The van der Waals surface area contributed by atoms with Gasteiger partial charge in [0.2, 0.25) is 5.91 Å². The van der Waals surface area contributed by atoms with Crippen LogP contribution in [0.4, 0.5) is 4.39 Å². The van der Waals surface area contributed by atoms with Gasteiger partial charge in [-0.1, -0.05) is 42.5 Å². The molecule has 0 saturated carbocycles. The molecule has 2 aliphatic heterocycles. The Balaban J connectivity index is 1.63. The summed E-state index contributed by atoms with van der Waals surface area (Å²) in [6.07, 6.45) is 0. The lowest BCUT2D eigenvalue weighted by Crippen LogP contribution is -2.72. The predicted octanol–water partition coefficient (Wildman–Crippen LogP) is 2.59. The number of imide groups is 1. The average molecular weight is 352 g/mol. The number of rotatable bonds is 4. The van der Waals surface area contributed by atoms with E-state index in [-0.39, 0.29) is 17.2 Å². The van der Waals surface area contributed by atoms with E-state index in [1.165, 1.54) is 4.90 Å². The SMILES string of the molecule is C[C@H](c1ccccc1)N1C(=O)[C@H](N2C(=O)c3ccccc3C2=O)[C@@H]1CF. The van der Waals surface area contributed by atoms with E-state index in [0.29, 0.717) is 0 Å². The summed E-state index contributed by atoms with van der Waals surface area (Å²) in [5, 5.41) is 0. The molecule has 6 heteroatoms. The number of alkyl halides is 1. The number of likely N-dealkylation sites (tertiary alicyclic amines) is 1. The van der Waals surface area contributed by atoms with E-state index in [0.717, 1.165) is 10.5 Å². The molecule has 4 rings (SSSR count). The molecule has 0 aliphatic carbocycles. The summed E-state index contributed by atoms with van der Waals surface area (Å²) in [6, 6.07) is 13.5. The van der Waals surface area contributed by atoms with Gasteiger partial charge < -0.3 is 4.90 Å². The van der Waals surface area contributed by atoms with Crippen LogP contribution in [0.5, 0.6) is 0 Å². The molecule has 5 nitrogen and oxygen atoms in total. The maximum atomic E-state index is 13.8. The van der Waals surface area contributed by atoms with Crippen LogP contribution in [0.3, 0.4) is 0 Å². The summed E-state index contributed by atoms with van der Waals surface area (Å²) in [7, 11) is 0. The Kier molecular flexibility index (Phi) is 3.83. The van der Waals surface area contributed by atoms with Gasteiger partial charge in [-0.25, -0.2) is 4.39 Å². The monoisotopic (exact) mass is 352 g/mol. The number of halogens is 1. The van der Waals surface area contributed by atoms with Gasteiger partial charge in [0.15, 0.2) is 0 Å². The van der Waals surface area contributed by atoms with Gasteiger partial charge in [0.25, 0.3) is 11.8 Å². The van der Waals surface area contributed by atoms with Crippen molar-refractivity contribution in [3.05, 3.63) is 71.3 Å². The van der Waals surface area contributed by atoms with Crippen LogP contribution in [0.1, 0.15) is 39.2 Å². The molecule has 3 atom stereocenters. The zero-order valence-corrected chi connectivity index (χ0v) is 14.1. The van der Waals surface area contributed by atoms with Crippen LogP contribution in [-0.2, 0) is 4.79 Å². The van der Waals surface area contributed by atoms with Crippen molar-refractivity contribution in [2.45, 2.75) is 25.0 Å². The van der Waals surface area contributed by atoms with E-state index in [2.05, 4.69) is 0 Å². The van der Waals surface area contributed by atoms with E-state index < -0.39 is 36.5 Å². The summed E-state index contributed by atoms with van der Waals surface area (Å²) in [5.41, 5.74) is 1.40. The smallest absolute Gasteiger partial charge is 0.262 e.